The molecule has 0 bridgehead atoms. The molecule has 1 saturated carbocycles. The van der Waals surface area contributed by atoms with Crippen LogP contribution in [0.2, 0.25) is 0 Å². The average Bonchev–Trinajstić information content (AvgIpc) is 3.04. The Labute approximate surface area is 258 Å². The third-order valence-electron chi connectivity index (χ3n) is 9.75. The maximum absolute atomic E-state index is 14.0. The number of nitrogen functional groups attached to an aromatic ring is 1. The number of carbonyl (C=O) groups is 3. The van der Waals surface area contributed by atoms with Gasteiger partial charge in [0.05, 0.1) is 33.8 Å². The molecule has 9 heteroatoms. The summed E-state index contributed by atoms with van der Waals surface area (Å²) in [6.45, 7) is 5.33. The van der Waals surface area contributed by atoms with Crippen LogP contribution in [0.1, 0.15) is 92.8 Å². The molecular formula is C35H41N5O4. The van der Waals surface area contributed by atoms with Crippen LogP contribution in [-0.2, 0) is 0 Å². The van der Waals surface area contributed by atoms with E-state index in [1.165, 1.54) is 32.1 Å². The van der Waals surface area contributed by atoms with Crippen molar-refractivity contribution in [3.8, 4) is 0 Å². The van der Waals surface area contributed by atoms with Gasteiger partial charge in [-0.1, -0.05) is 43.5 Å². The lowest BCUT2D eigenvalue weighted by molar-refractivity contribution is 0.0693. The summed E-state index contributed by atoms with van der Waals surface area (Å²) >= 11 is 0. The number of hydrogen-bond donors (Lipinski definition) is 3. The minimum absolute atomic E-state index is 0.172. The second-order valence-electron chi connectivity index (χ2n) is 12.5. The van der Waals surface area contributed by atoms with Crippen molar-refractivity contribution in [2.75, 3.05) is 56.2 Å². The second kappa shape index (κ2) is 12.1. The van der Waals surface area contributed by atoms with Crippen LogP contribution in [0.4, 0.5) is 22.7 Å². The zero-order valence-electron chi connectivity index (χ0n) is 25.7. The molecular weight excluding hydrogens is 554 g/mol. The lowest BCUT2D eigenvalue weighted by Gasteiger charge is -2.42. The van der Waals surface area contributed by atoms with Crippen LogP contribution in [0.3, 0.4) is 0 Å². The molecule has 3 aliphatic rings. The first-order valence-electron chi connectivity index (χ1n) is 15.6. The Morgan fingerprint density at radius 1 is 0.932 bits per heavy atom. The van der Waals surface area contributed by atoms with Gasteiger partial charge in [-0.15, -0.1) is 0 Å². The van der Waals surface area contributed by atoms with E-state index in [0.717, 1.165) is 31.9 Å². The van der Waals surface area contributed by atoms with Crippen LogP contribution in [0.25, 0.3) is 0 Å². The first-order valence-corrected chi connectivity index (χ1v) is 15.6. The van der Waals surface area contributed by atoms with Crippen LogP contribution >= 0.6 is 0 Å². The van der Waals surface area contributed by atoms with E-state index in [-0.39, 0.29) is 34.3 Å². The molecule has 3 aromatic carbocycles. The number of ketones is 2. The molecule has 1 atom stereocenters. The minimum Gasteiger partial charge on any atom is -0.478 e. The summed E-state index contributed by atoms with van der Waals surface area (Å²) in [6.07, 6.45) is 6.40. The minimum atomic E-state index is -1.00. The van der Waals surface area contributed by atoms with Crippen molar-refractivity contribution in [2.45, 2.75) is 51.1 Å². The van der Waals surface area contributed by atoms with Crippen molar-refractivity contribution < 1.29 is 19.5 Å². The number of nitrogens with one attached hydrogen (secondary N) is 1. The van der Waals surface area contributed by atoms with Gasteiger partial charge in [0.15, 0.2) is 11.6 Å². The maximum atomic E-state index is 14.0. The largest absolute Gasteiger partial charge is 0.478 e. The quantitative estimate of drug-likeness (QED) is 0.236. The third kappa shape index (κ3) is 5.35. The molecule has 1 aliphatic heterocycles. The Hall–Kier alpha value is -4.21. The van der Waals surface area contributed by atoms with Crippen LogP contribution in [0.5, 0.6) is 0 Å². The normalized spacial score (nSPS) is 18.2. The molecule has 3 aromatic rings. The summed E-state index contributed by atoms with van der Waals surface area (Å²) < 4.78 is 0. The molecule has 4 N–H and O–H groups in total. The zero-order chi connectivity index (χ0) is 31.1. The molecule has 2 aliphatic carbocycles. The van der Waals surface area contributed by atoms with Gasteiger partial charge < -0.3 is 26.0 Å². The van der Waals surface area contributed by atoms with Gasteiger partial charge in [0.1, 0.15) is 0 Å². The molecule has 6 rings (SSSR count). The van der Waals surface area contributed by atoms with Crippen molar-refractivity contribution >= 4 is 40.3 Å². The number of carboxylic acids is 1. The molecule has 44 heavy (non-hydrogen) atoms. The van der Waals surface area contributed by atoms with Crippen molar-refractivity contribution in [3.63, 3.8) is 0 Å². The summed E-state index contributed by atoms with van der Waals surface area (Å²) in [5.41, 5.74) is 11.0. The number of carbonyl (C=O) groups excluding carboxylic acids is 2. The van der Waals surface area contributed by atoms with Gasteiger partial charge in [-0.2, -0.15) is 0 Å². The van der Waals surface area contributed by atoms with Crippen molar-refractivity contribution in [2.24, 2.45) is 0 Å². The fourth-order valence-electron chi connectivity index (χ4n) is 7.05. The average molecular weight is 596 g/mol. The predicted octanol–water partition coefficient (Wildman–Crippen LogP) is 5.56. The predicted molar refractivity (Wildman–Crippen MR) is 174 cm³/mol. The molecule has 9 nitrogen and oxygen atoms in total. The Balaban J connectivity index is 1.42. The highest BCUT2D eigenvalue weighted by Gasteiger charge is 2.36. The van der Waals surface area contributed by atoms with Gasteiger partial charge in [0.25, 0.3) is 0 Å². The Morgan fingerprint density at radius 2 is 1.57 bits per heavy atom. The first-order chi connectivity index (χ1) is 21.2. The molecule has 230 valence electrons. The van der Waals surface area contributed by atoms with E-state index >= 15 is 0 Å². The topological polar surface area (TPSA) is 119 Å². The monoisotopic (exact) mass is 595 g/mol. The SMILES string of the molecule is CC(c1cc(Nc2cc(N3CCN(C4CCCCC4)CC3)c(N)c3c2C(=O)c2ccccc2C3=O)ccc1C(=O)O)N(C)C. The van der Waals surface area contributed by atoms with Gasteiger partial charge in [-0.25, -0.2) is 4.79 Å². The Kier molecular flexibility index (Phi) is 8.18. The summed E-state index contributed by atoms with van der Waals surface area (Å²) in [7, 11) is 3.80. The molecule has 1 heterocycles. The number of benzene rings is 3. The van der Waals surface area contributed by atoms with Crippen LogP contribution in [0, 0.1) is 0 Å². The van der Waals surface area contributed by atoms with Crippen molar-refractivity contribution in [3.05, 3.63) is 81.9 Å². The summed E-state index contributed by atoms with van der Waals surface area (Å²) in [4.78, 5) is 46.7. The molecule has 1 unspecified atom stereocenters. The Morgan fingerprint density at radius 3 is 2.18 bits per heavy atom. The number of nitrogens with zero attached hydrogens (tertiary/aromatic N) is 3. The van der Waals surface area contributed by atoms with Crippen LogP contribution < -0.4 is 16.0 Å². The van der Waals surface area contributed by atoms with Gasteiger partial charge in [0.2, 0.25) is 0 Å². The number of piperazine rings is 1. The van der Waals surface area contributed by atoms with Crippen molar-refractivity contribution in [1.82, 2.24) is 9.80 Å². The zero-order valence-corrected chi connectivity index (χ0v) is 25.7. The second-order valence-corrected chi connectivity index (χ2v) is 12.5. The van der Waals surface area contributed by atoms with E-state index in [1.807, 2.05) is 38.1 Å². The van der Waals surface area contributed by atoms with Crippen molar-refractivity contribution in [1.29, 1.82) is 0 Å². The highest BCUT2D eigenvalue weighted by atomic mass is 16.4. The van der Waals surface area contributed by atoms with Gasteiger partial charge in [0, 0.05) is 55.1 Å². The molecule has 0 aromatic heterocycles. The summed E-state index contributed by atoms with van der Waals surface area (Å²) in [6, 6.07) is 14.3. The first kappa shape index (κ1) is 29.8. The lowest BCUT2D eigenvalue weighted by Crippen LogP contribution is -2.51. The molecule has 2 fully saturated rings. The maximum Gasteiger partial charge on any atom is 0.336 e. The van der Waals surface area contributed by atoms with E-state index in [2.05, 4.69) is 15.1 Å². The molecule has 0 radical (unpaired) electrons. The van der Waals surface area contributed by atoms with Gasteiger partial charge >= 0.3 is 5.97 Å². The van der Waals surface area contributed by atoms with Gasteiger partial charge in [-0.3, -0.25) is 14.5 Å². The number of aromatic carboxylic acids is 1. The summed E-state index contributed by atoms with van der Waals surface area (Å²) in [5.74, 6) is -1.53. The fraction of sp³-hybridized carbons (Fsp3) is 0.400. The Bertz CT molecular complexity index is 1620. The number of anilines is 4. The number of carboxylic acid groups (broad SMARTS) is 1. The number of hydrogen-bond acceptors (Lipinski definition) is 8. The van der Waals surface area contributed by atoms with E-state index in [0.29, 0.717) is 39.8 Å². The molecule has 1 saturated heterocycles. The number of fused-ring (bicyclic) bond motifs is 2. The number of rotatable bonds is 7. The van der Waals surface area contributed by atoms with E-state index in [1.54, 1.807) is 36.4 Å². The lowest BCUT2D eigenvalue weighted by atomic mass is 9.81. The van der Waals surface area contributed by atoms with Gasteiger partial charge in [-0.05, 0) is 63.7 Å². The van der Waals surface area contributed by atoms with E-state index in [4.69, 9.17) is 5.73 Å². The summed E-state index contributed by atoms with van der Waals surface area (Å²) in [5, 5.41) is 13.3. The molecule has 0 amide bonds. The highest BCUT2D eigenvalue weighted by molar-refractivity contribution is 6.32. The smallest absolute Gasteiger partial charge is 0.336 e. The van der Waals surface area contributed by atoms with Crippen LogP contribution in [-0.4, -0.2) is 78.8 Å². The van der Waals surface area contributed by atoms with E-state index in [9.17, 15) is 19.5 Å². The fourth-order valence-corrected chi connectivity index (χ4v) is 7.05. The highest BCUT2D eigenvalue weighted by Crippen LogP contribution is 2.42. The van der Waals surface area contributed by atoms with E-state index < -0.39 is 5.97 Å². The number of nitrogens with two attached hydrogens (primary N) is 1. The van der Waals surface area contributed by atoms with Crippen LogP contribution in [0.15, 0.2) is 48.5 Å². The standard InChI is InChI=1S/C35H41N5O4/c1-21(38(2)3)27-19-22(13-14-26(27)35(43)44)37-28-20-29(40-17-15-39(16-18-40)23-9-5-4-6-10-23)32(36)31-30(28)33(41)24-11-7-8-12-25(24)34(31)42/h7-8,11-14,19-21,23,37H,4-6,9-10,15-18,36H2,1-3H3,(H,43,44). The third-order valence-corrected chi connectivity index (χ3v) is 9.75. The molecule has 0 spiro atoms.